The maximum atomic E-state index is 6.12. The summed E-state index contributed by atoms with van der Waals surface area (Å²) >= 11 is 0. The lowest BCUT2D eigenvalue weighted by Gasteiger charge is -2.32. The van der Waals surface area contributed by atoms with Crippen molar-refractivity contribution in [3.63, 3.8) is 0 Å². The first-order valence-corrected chi connectivity index (χ1v) is 9.22. The van der Waals surface area contributed by atoms with Crippen molar-refractivity contribution in [2.24, 2.45) is 16.6 Å². The maximum absolute atomic E-state index is 6.12. The molecule has 1 aromatic rings. The van der Waals surface area contributed by atoms with E-state index in [9.17, 15) is 0 Å². The third kappa shape index (κ3) is 6.28. The van der Waals surface area contributed by atoms with E-state index in [0.29, 0.717) is 11.9 Å². The number of benzene rings is 1. The van der Waals surface area contributed by atoms with Crippen molar-refractivity contribution < 1.29 is 9.47 Å². The van der Waals surface area contributed by atoms with Crippen molar-refractivity contribution in [3.8, 4) is 5.75 Å². The van der Waals surface area contributed by atoms with Crippen LogP contribution in [0, 0.1) is 5.92 Å². The van der Waals surface area contributed by atoms with E-state index < -0.39 is 0 Å². The van der Waals surface area contributed by atoms with Crippen LogP contribution < -0.4 is 10.5 Å². The molecule has 2 heterocycles. The highest BCUT2D eigenvalue weighted by Crippen LogP contribution is 2.20. The molecule has 2 fully saturated rings. The van der Waals surface area contributed by atoms with Gasteiger partial charge in [-0.2, -0.15) is 0 Å². The molecule has 0 radical (unpaired) electrons. The molecule has 146 valence electrons. The molecule has 3 rings (SSSR count). The quantitative estimate of drug-likeness (QED) is 0.403. The molecule has 0 amide bonds. The average molecular weight is 474 g/mol. The molecule has 0 bridgehead atoms. The molecule has 2 aliphatic rings. The highest BCUT2D eigenvalue weighted by molar-refractivity contribution is 14.0. The molecule has 0 aromatic heterocycles. The largest absolute Gasteiger partial charge is 0.497 e. The average Bonchev–Trinajstić information content (AvgIpc) is 2.68. The molecule has 6 nitrogen and oxygen atoms in total. The Labute approximate surface area is 173 Å². The molecule has 2 aliphatic heterocycles. The fourth-order valence-electron chi connectivity index (χ4n) is 3.43. The van der Waals surface area contributed by atoms with Crippen LogP contribution in [0.1, 0.15) is 18.4 Å². The number of likely N-dealkylation sites (tertiary alicyclic amines) is 1. The maximum Gasteiger partial charge on any atom is 0.191 e. The zero-order valence-corrected chi connectivity index (χ0v) is 17.9. The Morgan fingerprint density at radius 1 is 1.15 bits per heavy atom. The Balaban J connectivity index is 0.00000243. The van der Waals surface area contributed by atoms with E-state index in [1.165, 1.54) is 18.4 Å². The molecule has 0 saturated carbocycles. The van der Waals surface area contributed by atoms with Crippen molar-refractivity contribution >= 4 is 29.9 Å². The van der Waals surface area contributed by atoms with Gasteiger partial charge in [0.05, 0.1) is 20.3 Å². The van der Waals surface area contributed by atoms with Crippen LogP contribution in [0.4, 0.5) is 0 Å². The standard InChI is InChI=1S/C19H30N4O2.HI/c1-24-18-4-2-17(3-5-18)15-22-8-6-16(7-9-22)14-21-19(20)23-10-12-25-13-11-23;/h2-5,16H,6-15H2,1H3,(H2,20,21);1H. The fourth-order valence-corrected chi connectivity index (χ4v) is 3.43. The van der Waals surface area contributed by atoms with Crippen LogP contribution in [0.5, 0.6) is 5.75 Å². The molecule has 26 heavy (non-hydrogen) atoms. The molecule has 0 atom stereocenters. The van der Waals surface area contributed by atoms with Gasteiger partial charge in [0, 0.05) is 26.2 Å². The number of piperidine rings is 1. The summed E-state index contributed by atoms with van der Waals surface area (Å²) in [6.45, 7) is 7.33. The van der Waals surface area contributed by atoms with Crippen LogP contribution in [-0.4, -0.2) is 68.8 Å². The molecule has 0 unspecified atom stereocenters. The number of hydrogen-bond donors (Lipinski definition) is 1. The highest BCUT2D eigenvalue weighted by atomic mass is 127. The number of methoxy groups -OCH3 is 1. The molecule has 2 saturated heterocycles. The highest BCUT2D eigenvalue weighted by Gasteiger charge is 2.20. The zero-order valence-electron chi connectivity index (χ0n) is 15.6. The topological polar surface area (TPSA) is 63.3 Å². The number of hydrogen-bond acceptors (Lipinski definition) is 4. The lowest BCUT2D eigenvalue weighted by atomic mass is 9.96. The van der Waals surface area contributed by atoms with Gasteiger partial charge in [0.15, 0.2) is 5.96 Å². The molecule has 1 aromatic carbocycles. The number of rotatable bonds is 5. The SMILES string of the molecule is COc1ccc(CN2CCC(CN=C(N)N3CCOCC3)CC2)cc1.I. The van der Waals surface area contributed by atoms with Crippen LogP contribution in [-0.2, 0) is 11.3 Å². The summed E-state index contributed by atoms with van der Waals surface area (Å²) in [4.78, 5) is 9.28. The second-order valence-electron chi connectivity index (χ2n) is 6.87. The molecular formula is C19H31IN4O2. The predicted octanol–water partition coefficient (Wildman–Crippen LogP) is 2.17. The van der Waals surface area contributed by atoms with Crippen molar-refractivity contribution in [1.29, 1.82) is 0 Å². The van der Waals surface area contributed by atoms with Gasteiger partial charge in [-0.1, -0.05) is 12.1 Å². The third-order valence-corrected chi connectivity index (χ3v) is 5.12. The second kappa shape index (κ2) is 10.9. The van der Waals surface area contributed by atoms with E-state index in [-0.39, 0.29) is 24.0 Å². The van der Waals surface area contributed by atoms with E-state index in [1.807, 2.05) is 12.1 Å². The van der Waals surface area contributed by atoms with Crippen molar-refractivity contribution in [3.05, 3.63) is 29.8 Å². The van der Waals surface area contributed by atoms with Gasteiger partial charge in [-0.15, -0.1) is 24.0 Å². The summed E-state index contributed by atoms with van der Waals surface area (Å²) in [5.74, 6) is 2.24. The van der Waals surface area contributed by atoms with Gasteiger partial charge in [0.1, 0.15) is 5.75 Å². The van der Waals surface area contributed by atoms with E-state index in [0.717, 1.165) is 58.2 Å². The van der Waals surface area contributed by atoms with Crippen molar-refractivity contribution in [2.45, 2.75) is 19.4 Å². The smallest absolute Gasteiger partial charge is 0.191 e. The van der Waals surface area contributed by atoms with Crippen LogP contribution in [0.15, 0.2) is 29.3 Å². The van der Waals surface area contributed by atoms with Gasteiger partial charge < -0.3 is 20.1 Å². The Bertz CT molecular complexity index is 553. The molecule has 2 N–H and O–H groups in total. The summed E-state index contributed by atoms with van der Waals surface area (Å²) in [6, 6.07) is 8.37. The Morgan fingerprint density at radius 3 is 2.42 bits per heavy atom. The molecular weight excluding hydrogens is 443 g/mol. The summed E-state index contributed by atoms with van der Waals surface area (Å²) in [5.41, 5.74) is 7.46. The number of guanidine groups is 1. The molecule has 7 heteroatoms. The summed E-state index contributed by atoms with van der Waals surface area (Å²) < 4.78 is 10.6. The Morgan fingerprint density at radius 2 is 1.81 bits per heavy atom. The number of ether oxygens (including phenoxy) is 2. The van der Waals surface area contributed by atoms with Gasteiger partial charge in [-0.25, -0.2) is 0 Å². The van der Waals surface area contributed by atoms with Gasteiger partial charge >= 0.3 is 0 Å². The number of aliphatic imine (C=N–C) groups is 1. The lowest BCUT2D eigenvalue weighted by molar-refractivity contribution is 0.0673. The summed E-state index contributed by atoms with van der Waals surface area (Å²) in [6.07, 6.45) is 2.38. The molecule has 0 spiro atoms. The van der Waals surface area contributed by atoms with Crippen LogP contribution in [0.3, 0.4) is 0 Å². The first-order chi connectivity index (χ1) is 12.2. The first-order valence-electron chi connectivity index (χ1n) is 9.22. The van der Waals surface area contributed by atoms with E-state index >= 15 is 0 Å². The van der Waals surface area contributed by atoms with Crippen molar-refractivity contribution in [1.82, 2.24) is 9.80 Å². The van der Waals surface area contributed by atoms with Gasteiger partial charge in [0.2, 0.25) is 0 Å². The first kappa shape index (κ1) is 21.2. The number of morpholine rings is 1. The lowest BCUT2D eigenvalue weighted by Crippen LogP contribution is -2.45. The van der Waals surface area contributed by atoms with Crippen molar-refractivity contribution in [2.75, 3.05) is 53.0 Å². The monoisotopic (exact) mass is 474 g/mol. The van der Waals surface area contributed by atoms with Gasteiger partial charge in [0.25, 0.3) is 0 Å². The zero-order chi connectivity index (χ0) is 17.5. The fraction of sp³-hybridized carbons (Fsp3) is 0.632. The minimum absolute atomic E-state index is 0. The summed E-state index contributed by atoms with van der Waals surface area (Å²) in [7, 11) is 1.70. The van der Waals surface area contributed by atoms with Gasteiger partial charge in [-0.05, 0) is 49.5 Å². The van der Waals surface area contributed by atoms with E-state index in [1.54, 1.807) is 7.11 Å². The van der Waals surface area contributed by atoms with Crippen LogP contribution in [0.25, 0.3) is 0 Å². The summed E-state index contributed by atoms with van der Waals surface area (Å²) in [5, 5.41) is 0. The Kier molecular flexibility index (Phi) is 8.94. The minimum Gasteiger partial charge on any atom is -0.497 e. The Hall–Kier alpha value is -1.06. The minimum atomic E-state index is 0. The van der Waals surface area contributed by atoms with Gasteiger partial charge in [-0.3, -0.25) is 9.89 Å². The number of nitrogens with zero attached hydrogens (tertiary/aromatic N) is 3. The molecule has 0 aliphatic carbocycles. The van der Waals surface area contributed by atoms with Crippen LogP contribution in [0.2, 0.25) is 0 Å². The second-order valence-corrected chi connectivity index (χ2v) is 6.87. The van der Waals surface area contributed by atoms with Crippen LogP contribution >= 0.6 is 24.0 Å². The number of halogens is 1. The third-order valence-electron chi connectivity index (χ3n) is 5.12. The van der Waals surface area contributed by atoms with E-state index in [4.69, 9.17) is 15.2 Å². The normalized spacial score (nSPS) is 19.9. The predicted molar refractivity (Wildman–Crippen MR) is 115 cm³/mol. The number of nitrogens with two attached hydrogens (primary N) is 1. The van der Waals surface area contributed by atoms with E-state index in [2.05, 4.69) is 26.9 Å².